The summed E-state index contributed by atoms with van der Waals surface area (Å²) in [6.07, 6.45) is 0.280. The monoisotopic (exact) mass is 321 g/mol. The second-order valence-corrected chi connectivity index (χ2v) is 6.28. The fraction of sp³-hybridized carbons (Fsp3) is 0.500. The van der Waals surface area contributed by atoms with Gasteiger partial charge in [0, 0.05) is 18.7 Å². The van der Waals surface area contributed by atoms with Crippen molar-refractivity contribution in [2.45, 2.75) is 12.5 Å². The number of piperazine rings is 1. The Bertz CT molecular complexity index is 584. The van der Waals surface area contributed by atoms with Crippen LogP contribution < -0.4 is 15.1 Å². The number of halogens is 1. The Morgan fingerprint density at radius 2 is 1.91 bits per heavy atom. The smallest absolute Gasteiger partial charge is 0.318 e. The second-order valence-electron chi connectivity index (χ2n) is 6.28. The van der Waals surface area contributed by atoms with Crippen LogP contribution in [0.4, 0.5) is 14.9 Å². The molecule has 0 saturated carbocycles. The topological polar surface area (TPSA) is 57.1 Å². The van der Waals surface area contributed by atoms with Crippen molar-refractivity contribution in [1.82, 2.24) is 10.2 Å². The Labute approximate surface area is 134 Å². The quantitative estimate of drug-likeness (QED) is 0.769. The van der Waals surface area contributed by atoms with Crippen molar-refractivity contribution < 1.29 is 18.9 Å². The number of likely N-dealkylation sites (N-methyl/N-ethyl adjacent to an activating group) is 1. The number of nitrogens with one attached hydrogen (secondary N) is 2. The first kappa shape index (κ1) is 15.7. The van der Waals surface area contributed by atoms with Gasteiger partial charge in [0.05, 0.1) is 39.3 Å². The van der Waals surface area contributed by atoms with E-state index in [4.69, 9.17) is 0 Å². The summed E-state index contributed by atoms with van der Waals surface area (Å²) in [5, 5.41) is 2.95. The lowest BCUT2D eigenvalue weighted by Gasteiger charge is -2.31. The molecule has 124 valence electrons. The number of quaternary nitrogens is 1. The first-order valence-corrected chi connectivity index (χ1v) is 7.95. The molecule has 2 aliphatic rings. The Morgan fingerprint density at radius 1 is 1.26 bits per heavy atom. The molecule has 0 radical (unpaired) electrons. The number of benzene rings is 1. The maximum atomic E-state index is 13.0. The number of urea groups is 1. The lowest BCUT2D eigenvalue weighted by Crippen LogP contribution is -3.12. The Morgan fingerprint density at radius 3 is 2.57 bits per heavy atom. The number of amides is 3. The summed E-state index contributed by atoms with van der Waals surface area (Å²) in [6, 6.07) is 5.53. The Balaban J connectivity index is 1.57. The molecule has 1 aromatic rings. The van der Waals surface area contributed by atoms with Gasteiger partial charge in [0.25, 0.3) is 0 Å². The number of carbonyl (C=O) groups is 2. The van der Waals surface area contributed by atoms with E-state index in [1.54, 1.807) is 21.9 Å². The van der Waals surface area contributed by atoms with E-state index in [-0.39, 0.29) is 30.2 Å². The highest BCUT2D eigenvalue weighted by Crippen LogP contribution is 2.21. The molecule has 0 spiro atoms. The molecule has 1 aromatic carbocycles. The summed E-state index contributed by atoms with van der Waals surface area (Å²) in [6.45, 7) is 3.78. The van der Waals surface area contributed by atoms with E-state index in [0.29, 0.717) is 12.2 Å². The maximum absolute atomic E-state index is 13.0. The summed E-state index contributed by atoms with van der Waals surface area (Å²) >= 11 is 0. The number of hydrogen-bond acceptors (Lipinski definition) is 2. The SMILES string of the molecule is C[NH+]1CCN(C(=O)N[C@@H]2CC(=O)N(c3ccc(F)cc3)C2)CC1. The molecule has 0 unspecified atom stereocenters. The van der Waals surface area contributed by atoms with Gasteiger partial charge in [-0.1, -0.05) is 0 Å². The molecule has 0 bridgehead atoms. The molecule has 23 heavy (non-hydrogen) atoms. The molecule has 2 fully saturated rings. The summed E-state index contributed by atoms with van der Waals surface area (Å²) in [5.41, 5.74) is 0.663. The van der Waals surface area contributed by atoms with Gasteiger partial charge in [0.1, 0.15) is 5.82 Å². The van der Waals surface area contributed by atoms with Crippen molar-refractivity contribution in [2.24, 2.45) is 0 Å². The minimum absolute atomic E-state index is 0.0512. The van der Waals surface area contributed by atoms with Gasteiger partial charge in [-0.15, -0.1) is 0 Å². The first-order valence-electron chi connectivity index (χ1n) is 7.95. The van der Waals surface area contributed by atoms with Gasteiger partial charge in [-0.3, -0.25) is 4.79 Å². The predicted octanol–water partition coefficient (Wildman–Crippen LogP) is -0.529. The van der Waals surface area contributed by atoms with Crippen molar-refractivity contribution in [2.75, 3.05) is 44.7 Å². The van der Waals surface area contributed by atoms with Crippen LogP contribution in [0, 0.1) is 5.82 Å². The van der Waals surface area contributed by atoms with Crippen LogP contribution in [0.1, 0.15) is 6.42 Å². The summed E-state index contributed by atoms with van der Waals surface area (Å²) < 4.78 is 13.0. The van der Waals surface area contributed by atoms with Gasteiger partial charge in [0.15, 0.2) is 0 Å². The first-order chi connectivity index (χ1) is 11.0. The van der Waals surface area contributed by atoms with Crippen molar-refractivity contribution >= 4 is 17.6 Å². The standard InChI is InChI=1S/C16H21FN4O2/c1-19-6-8-20(9-7-19)16(23)18-13-10-15(22)21(11-13)14-4-2-12(17)3-5-14/h2-5,13H,6-11H2,1H3,(H,18,23)/p+1/t13-/m1/s1. The molecule has 2 heterocycles. The number of nitrogens with zero attached hydrogens (tertiary/aromatic N) is 2. The highest BCUT2D eigenvalue weighted by Gasteiger charge is 2.33. The third kappa shape index (κ3) is 3.61. The fourth-order valence-electron chi connectivity index (χ4n) is 3.03. The van der Waals surface area contributed by atoms with Crippen molar-refractivity contribution in [1.29, 1.82) is 0 Å². The number of carbonyl (C=O) groups excluding carboxylic acids is 2. The van der Waals surface area contributed by atoms with Crippen molar-refractivity contribution in [3.05, 3.63) is 30.1 Å². The Hall–Kier alpha value is -2.15. The van der Waals surface area contributed by atoms with E-state index in [1.165, 1.54) is 17.0 Å². The predicted molar refractivity (Wildman–Crippen MR) is 83.9 cm³/mol. The van der Waals surface area contributed by atoms with Gasteiger partial charge in [-0.25, -0.2) is 9.18 Å². The third-order valence-corrected chi connectivity index (χ3v) is 4.50. The van der Waals surface area contributed by atoms with Gasteiger partial charge < -0.3 is 20.0 Å². The average molecular weight is 321 g/mol. The lowest BCUT2D eigenvalue weighted by molar-refractivity contribution is -0.883. The van der Waals surface area contributed by atoms with E-state index in [1.807, 2.05) is 0 Å². The summed E-state index contributed by atoms with van der Waals surface area (Å²) in [5.74, 6) is -0.382. The van der Waals surface area contributed by atoms with E-state index in [0.717, 1.165) is 26.2 Å². The van der Waals surface area contributed by atoms with Crippen molar-refractivity contribution in [3.8, 4) is 0 Å². The molecule has 0 aromatic heterocycles. The van der Waals surface area contributed by atoms with Crippen molar-refractivity contribution in [3.63, 3.8) is 0 Å². The maximum Gasteiger partial charge on any atom is 0.318 e. The number of rotatable bonds is 2. The lowest BCUT2D eigenvalue weighted by atomic mass is 10.2. The minimum Gasteiger partial charge on any atom is -0.334 e. The van der Waals surface area contributed by atoms with Crippen LogP contribution in [0.25, 0.3) is 0 Å². The highest BCUT2D eigenvalue weighted by atomic mass is 19.1. The van der Waals surface area contributed by atoms with Crippen LogP contribution >= 0.6 is 0 Å². The van der Waals surface area contributed by atoms with Crippen LogP contribution in [0.2, 0.25) is 0 Å². The summed E-state index contributed by atoms with van der Waals surface area (Å²) in [7, 11) is 2.12. The normalized spacial score (nSPS) is 22.5. The fourth-order valence-corrected chi connectivity index (χ4v) is 3.03. The van der Waals surface area contributed by atoms with Crippen LogP contribution in [-0.2, 0) is 4.79 Å². The van der Waals surface area contributed by atoms with E-state index < -0.39 is 0 Å². The van der Waals surface area contributed by atoms with Gasteiger partial charge >= 0.3 is 6.03 Å². The zero-order valence-electron chi connectivity index (χ0n) is 13.2. The zero-order valence-corrected chi connectivity index (χ0v) is 13.2. The molecule has 0 aliphatic carbocycles. The number of anilines is 1. The molecule has 2 N–H and O–H groups in total. The van der Waals surface area contributed by atoms with E-state index >= 15 is 0 Å². The summed E-state index contributed by atoms with van der Waals surface area (Å²) in [4.78, 5) is 29.2. The number of hydrogen-bond donors (Lipinski definition) is 2. The molecule has 2 saturated heterocycles. The van der Waals surface area contributed by atoms with Gasteiger partial charge in [0.2, 0.25) is 5.91 Å². The molecule has 1 atom stereocenters. The molecular formula is C16H22FN4O2+. The molecule has 7 heteroatoms. The van der Waals surface area contributed by atoms with Crippen LogP contribution in [0.5, 0.6) is 0 Å². The Kier molecular flexibility index (Phi) is 4.47. The molecule has 3 amide bonds. The van der Waals surface area contributed by atoms with Crippen LogP contribution in [-0.4, -0.2) is 62.7 Å². The van der Waals surface area contributed by atoms with Gasteiger partial charge in [-0.05, 0) is 24.3 Å². The third-order valence-electron chi connectivity index (χ3n) is 4.50. The van der Waals surface area contributed by atoms with E-state index in [2.05, 4.69) is 12.4 Å². The minimum atomic E-state index is -0.331. The molecule has 3 rings (SSSR count). The van der Waals surface area contributed by atoms with Crippen LogP contribution in [0.3, 0.4) is 0 Å². The molecule has 6 nitrogen and oxygen atoms in total. The largest absolute Gasteiger partial charge is 0.334 e. The van der Waals surface area contributed by atoms with Gasteiger partial charge in [-0.2, -0.15) is 0 Å². The highest BCUT2D eigenvalue weighted by molar-refractivity contribution is 5.96. The van der Waals surface area contributed by atoms with Crippen LogP contribution in [0.15, 0.2) is 24.3 Å². The van der Waals surface area contributed by atoms with E-state index in [9.17, 15) is 14.0 Å². The second kappa shape index (κ2) is 6.54. The average Bonchev–Trinajstić information content (AvgIpc) is 2.89. The zero-order chi connectivity index (χ0) is 16.4. The molecular weight excluding hydrogens is 299 g/mol. The molecule has 2 aliphatic heterocycles.